The van der Waals surface area contributed by atoms with Crippen molar-refractivity contribution in [2.24, 2.45) is 0 Å². The molecule has 250 valence electrons. The average Bonchev–Trinajstić information content (AvgIpc) is 3.37. The summed E-state index contributed by atoms with van der Waals surface area (Å²) in [5, 5.41) is 21.7. The van der Waals surface area contributed by atoms with E-state index in [4.69, 9.17) is 14.2 Å². The van der Waals surface area contributed by atoms with Crippen LogP contribution in [-0.4, -0.2) is 59.8 Å². The van der Waals surface area contributed by atoms with Crippen LogP contribution in [0.5, 0.6) is 5.75 Å². The van der Waals surface area contributed by atoms with Crippen molar-refractivity contribution in [2.45, 2.75) is 78.1 Å². The number of anilines is 1. The third kappa shape index (κ3) is 9.23. The molecular weight excluding hydrogens is 598 g/mol. The van der Waals surface area contributed by atoms with Crippen molar-refractivity contribution in [3.63, 3.8) is 0 Å². The molecule has 47 heavy (non-hydrogen) atoms. The fourth-order valence-corrected chi connectivity index (χ4v) is 5.53. The van der Waals surface area contributed by atoms with Crippen molar-refractivity contribution in [2.75, 3.05) is 24.6 Å². The zero-order valence-electron chi connectivity index (χ0n) is 27.4. The number of phenols is 1. The molecule has 9 heteroatoms. The van der Waals surface area contributed by atoms with Gasteiger partial charge in [-0.25, -0.2) is 9.59 Å². The molecule has 0 saturated heterocycles. The fourth-order valence-electron chi connectivity index (χ4n) is 5.53. The average molecular weight is 644 g/mol. The van der Waals surface area contributed by atoms with Gasteiger partial charge in [0, 0.05) is 36.0 Å². The molecule has 0 saturated carbocycles. The van der Waals surface area contributed by atoms with Crippen LogP contribution in [0, 0.1) is 0 Å². The number of carbonyl (C=O) groups excluding carboxylic acids is 3. The Morgan fingerprint density at radius 2 is 1.51 bits per heavy atom. The molecule has 1 heterocycles. The number of hydrogen-bond acceptors (Lipinski definition) is 9. The van der Waals surface area contributed by atoms with Crippen molar-refractivity contribution < 1.29 is 38.8 Å². The largest absolute Gasteiger partial charge is 0.507 e. The Bertz CT molecular complexity index is 1540. The van der Waals surface area contributed by atoms with Gasteiger partial charge in [0.15, 0.2) is 11.9 Å². The summed E-state index contributed by atoms with van der Waals surface area (Å²) in [5.74, 6) is -2.24. The van der Waals surface area contributed by atoms with E-state index in [1.54, 1.807) is 31.2 Å². The molecule has 3 aromatic carbocycles. The van der Waals surface area contributed by atoms with Gasteiger partial charge >= 0.3 is 11.9 Å². The van der Waals surface area contributed by atoms with Crippen molar-refractivity contribution in [1.29, 1.82) is 0 Å². The lowest BCUT2D eigenvalue weighted by atomic mass is 9.97. The first-order valence-electron chi connectivity index (χ1n) is 16.4. The summed E-state index contributed by atoms with van der Waals surface area (Å²) >= 11 is 0. The van der Waals surface area contributed by atoms with E-state index in [-0.39, 0.29) is 34.8 Å². The lowest BCUT2D eigenvalue weighted by Crippen LogP contribution is -2.33. The second-order valence-electron chi connectivity index (χ2n) is 11.8. The zero-order chi connectivity index (χ0) is 33.8. The van der Waals surface area contributed by atoms with Crippen LogP contribution in [-0.2, 0) is 25.6 Å². The Morgan fingerprint density at radius 3 is 2.15 bits per heavy atom. The summed E-state index contributed by atoms with van der Waals surface area (Å²) < 4.78 is 16.4. The number of phenolic OH excluding ortho intramolecular Hbond substituents is 1. The smallest absolute Gasteiger partial charge is 0.374 e. The number of carbonyl (C=O) groups is 3. The normalized spacial score (nSPS) is 14.9. The van der Waals surface area contributed by atoms with Gasteiger partial charge in [-0.2, -0.15) is 0 Å². The maximum absolute atomic E-state index is 13.6. The van der Waals surface area contributed by atoms with E-state index in [0.717, 1.165) is 62.9 Å². The van der Waals surface area contributed by atoms with E-state index in [9.17, 15) is 24.6 Å². The Kier molecular flexibility index (Phi) is 13.0. The topological polar surface area (TPSA) is 123 Å². The maximum Gasteiger partial charge on any atom is 0.374 e. The van der Waals surface area contributed by atoms with Crippen molar-refractivity contribution in [3.8, 4) is 5.75 Å². The summed E-state index contributed by atoms with van der Waals surface area (Å²) in [6, 6.07) is 20.5. The summed E-state index contributed by atoms with van der Waals surface area (Å²) in [6.45, 7) is 7.32. The third-order valence-electron chi connectivity index (χ3n) is 8.21. The van der Waals surface area contributed by atoms with E-state index in [2.05, 4.69) is 18.7 Å². The molecule has 1 aliphatic rings. The molecular formula is C38H45NO8. The summed E-state index contributed by atoms with van der Waals surface area (Å²) in [7, 11) is 0. The van der Waals surface area contributed by atoms with Gasteiger partial charge in [-0.05, 0) is 43.5 Å². The number of nitrogens with zero attached hydrogens (tertiary/aromatic N) is 1. The first-order chi connectivity index (χ1) is 22.7. The highest BCUT2D eigenvalue weighted by atomic mass is 16.6. The van der Waals surface area contributed by atoms with Gasteiger partial charge in [0.05, 0.1) is 11.1 Å². The fraction of sp³-hybridized carbons (Fsp3) is 0.395. The van der Waals surface area contributed by atoms with Crippen LogP contribution in [0.25, 0.3) is 0 Å². The highest BCUT2D eigenvalue weighted by Crippen LogP contribution is 2.30. The third-order valence-corrected chi connectivity index (χ3v) is 8.21. The maximum atomic E-state index is 13.6. The second kappa shape index (κ2) is 17.3. The van der Waals surface area contributed by atoms with Gasteiger partial charge in [0.25, 0.3) is 0 Å². The highest BCUT2D eigenvalue weighted by molar-refractivity contribution is 6.15. The SMILES string of the molecule is CCCCCN(CCCCC)c1ccc(C(=O)c2ccccc2C(=O)OCC(O)C2OC(=O)C(OCc3ccccc3)=C2C)c(O)c1. The van der Waals surface area contributed by atoms with Gasteiger partial charge < -0.3 is 29.3 Å². The molecule has 0 aliphatic carbocycles. The molecule has 1 aliphatic heterocycles. The molecule has 0 bridgehead atoms. The Balaban J connectivity index is 1.42. The number of rotatable bonds is 18. The Labute approximate surface area is 276 Å². The predicted octanol–water partition coefficient (Wildman–Crippen LogP) is 6.74. The van der Waals surface area contributed by atoms with Crippen LogP contribution < -0.4 is 4.90 Å². The molecule has 0 fully saturated rings. The first kappa shape index (κ1) is 35.2. The van der Waals surface area contributed by atoms with E-state index < -0.39 is 36.5 Å². The van der Waals surface area contributed by atoms with E-state index in [1.807, 2.05) is 36.4 Å². The van der Waals surface area contributed by atoms with E-state index in [0.29, 0.717) is 5.57 Å². The highest BCUT2D eigenvalue weighted by Gasteiger charge is 2.38. The molecule has 0 spiro atoms. The Morgan fingerprint density at radius 1 is 0.872 bits per heavy atom. The monoisotopic (exact) mass is 643 g/mol. The van der Waals surface area contributed by atoms with Crippen molar-refractivity contribution in [1.82, 2.24) is 0 Å². The number of ketones is 1. The van der Waals surface area contributed by atoms with E-state index >= 15 is 0 Å². The predicted molar refractivity (Wildman–Crippen MR) is 179 cm³/mol. The van der Waals surface area contributed by atoms with Gasteiger partial charge in [0.1, 0.15) is 25.1 Å². The second-order valence-corrected chi connectivity index (χ2v) is 11.8. The molecule has 9 nitrogen and oxygen atoms in total. The standard InChI is InChI=1S/C38H45NO8/c1-4-6-13-21-39(22-14-7-5-2)28-19-20-31(32(40)23-28)34(42)29-17-11-12-18-30(29)37(43)46-25-33(41)35-26(3)36(38(44)47-35)45-24-27-15-9-8-10-16-27/h8-12,15-20,23,33,35,40-41H,4-7,13-14,21-22,24-25H2,1-3H3. The van der Waals surface area contributed by atoms with Crippen LogP contribution in [0.2, 0.25) is 0 Å². The van der Waals surface area contributed by atoms with Crippen LogP contribution in [0.1, 0.15) is 91.1 Å². The molecule has 2 N–H and O–H groups in total. The number of hydrogen-bond donors (Lipinski definition) is 2. The molecule has 0 amide bonds. The number of esters is 2. The van der Waals surface area contributed by atoms with Crippen LogP contribution in [0.3, 0.4) is 0 Å². The molecule has 2 unspecified atom stereocenters. The van der Waals surface area contributed by atoms with Gasteiger partial charge in [-0.1, -0.05) is 88.1 Å². The summed E-state index contributed by atoms with van der Waals surface area (Å²) in [6.07, 6.45) is 4.10. The number of aliphatic hydroxyl groups is 1. The van der Waals surface area contributed by atoms with Gasteiger partial charge in [0.2, 0.25) is 5.76 Å². The van der Waals surface area contributed by atoms with Crippen molar-refractivity contribution >= 4 is 23.4 Å². The number of aromatic hydroxyl groups is 1. The molecule has 4 rings (SSSR count). The molecule has 0 aromatic heterocycles. The van der Waals surface area contributed by atoms with E-state index in [1.165, 1.54) is 12.1 Å². The minimum atomic E-state index is -1.36. The summed E-state index contributed by atoms with van der Waals surface area (Å²) in [5.41, 5.74) is 2.20. The number of unbranched alkanes of at least 4 members (excludes halogenated alkanes) is 4. The summed E-state index contributed by atoms with van der Waals surface area (Å²) in [4.78, 5) is 41.5. The lowest BCUT2D eigenvalue weighted by Gasteiger charge is -2.25. The molecule has 2 atom stereocenters. The number of aliphatic hydroxyl groups excluding tert-OH is 1. The zero-order valence-corrected chi connectivity index (χ0v) is 27.4. The Hall–Kier alpha value is -4.63. The van der Waals surface area contributed by atoms with Crippen molar-refractivity contribution in [3.05, 3.63) is 106 Å². The van der Waals surface area contributed by atoms with Gasteiger partial charge in [-0.3, -0.25) is 4.79 Å². The van der Waals surface area contributed by atoms with Crippen LogP contribution >= 0.6 is 0 Å². The first-order valence-corrected chi connectivity index (χ1v) is 16.4. The quantitative estimate of drug-likeness (QED) is 0.0881. The number of cyclic esters (lactones) is 1. The number of benzene rings is 3. The minimum Gasteiger partial charge on any atom is -0.507 e. The molecule has 0 radical (unpaired) electrons. The number of ether oxygens (including phenoxy) is 3. The van der Waals surface area contributed by atoms with Gasteiger partial charge in [-0.15, -0.1) is 0 Å². The van der Waals surface area contributed by atoms with Crippen LogP contribution in [0.4, 0.5) is 5.69 Å². The van der Waals surface area contributed by atoms with Crippen LogP contribution in [0.15, 0.2) is 84.1 Å². The lowest BCUT2D eigenvalue weighted by molar-refractivity contribution is -0.148. The molecule has 3 aromatic rings. The minimum absolute atomic E-state index is 0.0102.